The Morgan fingerprint density at radius 2 is 1.38 bits per heavy atom. The third kappa shape index (κ3) is 5.52. The molecule has 0 atom stereocenters. The summed E-state index contributed by atoms with van der Waals surface area (Å²) >= 11 is 0. The zero-order valence-corrected chi connectivity index (χ0v) is 17.7. The smallest absolute Gasteiger partial charge is 0.224 e. The van der Waals surface area contributed by atoms with Crippen molar-refractivity contribution in [1.82, 2.24) is 5.32 Å². The molecule has 4 aromatic carbocycles. The molecular formula is C29H25NO2. The van der Waals surface area contributed by atoms with E-state index in [1.807, 2.05) is 72.8 Å². The van der Waals surface area contributed by atoms with Gasteiger partial charge in [0, 0.05) is 6.54 Å². The van der Waals surface area contributed by atoms with Crippen LogP contribution in [0, 0.1) is 0 Å². The van der Waals surface area contributed by atoms with Crippen molar-refractivity contribution in [3.05, 3.63) is 125 Å². The Kier molecular flexibility index (Phi) is 6.78. The summed E-state index contributed by atoms with van der Waals surface area (Å²) in [5, 5.41) is 12.5. The van der Waals surface area contributed by atoms with Crippen molar-refractivity contribution in [3.8, 4) is 16.9 Å². The molecule has 0 heterocycles. The maximum atomic E-state index is 12.4. The second-order valence-corrected chi connectivity index (χ2v) is 7.61. The summed E-state index contributed by atoms with van der Waals surface area (Å²) < 4.78 is 0. The van der Waals surface area contributed by atoms with E-state index in [0.717, 1.165) is 33.4 Å². The standard InChI is InChI=1S/C29H25NO2/c31-26-18-15-22(16-19-26)14-17-24-10-4-6-12-27(24)28-13-7-5-11-25(28)21-30-29(32)20-23-8-2-1-3-9-23/h1-19,31H,20-21H2,(H,30,32). The van der Waals surface area contributed by atoms with Crippen molar-refractivity contribution >= 4 is 18.1 Å². The highest BCUT2D eigenvalue weighted by Gasteiger charge is 2.09. The Morgan fingerprint density at radius 1 is 0.719 bits per heavy atom. The second-order valence-electron chi connectivity index (χ2n) is 7.61. The van der Waals surface area contributed by atoms with Crippen molar-refractivity contribution in [2.24, 2.45) is 0 Å². The Hall–Kier alpha value is -4.11. The van der Waals surface area contributed by atoms with Gasteiger partial charge in [0.05, 0.1) is 6.42 Å². The van der Waals surface area contributed by atoms with E-state index in [9.17, 15) is 9.90 Å². The maximum Gasteiger partial charge on any atom is 0.224 e. The van der Waals surface area contributed by atoms with Crippen LogP contribution in [0.1, 0.15) is 22.3 Å². The number of nitrogens with one attached hydrogen (secondary N) is 1. The van der Waals surface area contributed by atoms with Gasteiger partial charge in [-0.25, -0.2) is 0 Å². The zero-order chi connectivity index (χ0) is 22.2. The van der Waals surface area contributed by atoms with Gasteiger partial charge in [-0.1, -0.05) is 103 Å². The minimum absolute atomic E-state index is 0.00603. The first kappa shape index (κ1) is 21.1. The first-order chi connectivity index (χ1) is 15.7. The van der Waals surface area contributed by atoms with Gasteiger partial charge in [0.1, 0.15) is 5.75 Å². The molecular weight excluding hydrogens is 394 g/mol. The number of aromatic hydroxyl groups is 1. The number of hydrogen-bond donors (Lipinski definition) is 2. The van der Waals surface area contributed by atoms with E-state index in [4.69, 9.17) is 0 Å². The lowest BCUT2D eigenvalue weighted by Gasteiger charge is -2.13. The molecule has 0 radical (unpaired) electrons. The fourth-order valence-electron chi connectivity index (χ4n) is 3.63. The van der Waals surface area contributed by atoms with Crippen LogP contribution in [0.25, 0.3) is 23.3 Å². The molecule has 0 aromatic heterocycles. The first-order valence-corrected chi connectivity index (χ1v) is 10.6. The van der Waals surface area contributed by atoms with Crippen molar-refractivity contribution in [2.75, 3.05) is 0 Å². The molecule has 0 bridgehead atoms. The van der Waals surface area contributed by atoms with E-state index >= 15 is 0 Å². The van der Waals surface area contributed by atoms with Gasteiger partial charge in [0.2, 0.25) is 5.91 Å². The highest BCUT2D eigenvalue weighted by Crippen LogP contribution is 2.28. The maximum absolute atomic E-state index is 12.4. The number of benzene rings is 4. The van der Waals surface area contributed by atoms with Crippen LogP contribution in [0.2, 0.25) is 0 Å². The topological polar surface area (TPSA) is 49.3 Å². The summed E-state index contributed by atoms with van der Waals surface area (Å²) in [4.78, 5) is 12.4. The van der Waals surface area contributed by atoms with Crippen molar-refractivity contribution in [3.63, 3.8) is 0 Å². The van der Waals surface area contributed by atoms with E-state index < -0.39 is 0 Å². The van der Waals surface area contributed by atoms with E-state index in [1.54, 1.807) is 12.1 Å². The molecule has 0 fully saturated rings. The summed E-state index contributed by atoms with van der Waals surface area (Å²) in [5.41, 5.74) is 6.37. The Balaban J connectivity index is 1.53. The largest absolute Gasteiger partial charge is 0.508 e. The number of phenols is 1. The van der Waals surface area contributed by atoms with Crippen LogP contribution in [0.4, 0.5) is 0 Å². The number of carbonyl (C=O) groups excluding carboxylic acids is 1. The molecule has 0 aliphatic heterocycles. The average Bonchev–Trinajstić information content (AvgIpc) is 2.83. The highest BCUT2D eigenvalue weighted by molar-refractivity contribution is 5.83. The minimum Gasteiger partial charge on any atom is -0.508 e. The van der Waals surface area contributed by atoms with Crippen LogP contribution >= 0.6 is 0 Å². The van der Waals surface area contributed by atoms with E-state index in [-0.39, 0.29) is 11.7 Å². The van der Waals surface area contributed by atoms with Gasteiger partial charge in [0.25, 0.3) is 0 Å². The summed E-state index contributed by atoms with van der Waals surface area (Å²) in [6, 6.07) is 33.3. The van der Waals surface area contributed by atoms with Gasteiger partial charge in [-0.3, -0.25) is 4.79 Å². The molecule has 0 unspecified atom stereocenters. The number of rotatable bonds is 7. The lowest BCUT2D eigenvalue weighted by molar-refractivity contribution is -0.120. The van der Waals surface area contributed by atoms with Gasteiger partial charge in [-0.05, 0) is 45.5 Å². The van der Waals surface area contributed by atoms with Crippen molar-refractivity contribution in [2.45, 2.75) is 13.0 Å². The van der Waals surface area contributed by atoms with Crippen LogP contribution in [0.3, 0.4) is 0 Å². The molecule has 2 N–H and O–H groups in total. The molecule has 4 rings (SSSR count). The first-order valence-electron chi connectivity index (χ1n) is 10.6. The van der Waals surface area contributed by atoms with Crippen LogP contribution in [-0.4, -0.2) is 11.0 Å². The molecule has 0 spiro atoms. The molecule has 1 amide bonds. The van der Waals surface area contributed by atoms with Crippen LogP contribution in [0.15, 0.2) is 103 Å². The van der Waals surface area contributed by atoms with E-state index in [1.165, 1.54) is 0 Å². The predicted octanol–water partition coefficient (Wildman–Crippen LogP) is 6.09. The molecule has 158 valence electrons. The van der Waals surface area contributed by atoms with Crippen molar-refractivity contribution < 1.29 is 9.90 Å². The molecule has 0 aliphatic carbocycles. The minimum atomic E-state index is 0.00603. The van der Waals surface area contributed by atoms with Gasteiger partial charge < -0.3 is 10.4 Å². The molecule has 0 saturated carbocycles. The molecule has 3 heteroatoms. The number of carbonyl (C=O) groups is 1. The summed E-state index contributed by atoms with van der Waals surface area (Å²) in [5.74, 6) is 0.261. The SMILES string of the molecule is O=C(Cc1ccccc1)NCc1ccccc1-c1ccccc1C=Cc1ccc(O)cc1. The summed E-state index contributed by atoms with van der Waals surface area (Å²) in [7, 11) is 0. The summed E-state index contributed by atoms with van der Waals surface area (Å²) in [6.45, 7) is 0.470. The fourth-order valence-corrected chi connectivity index (χ4v) is 3.63. The van der Waals surface area contributed by atoms with Gasteiger partial charge >= 0.3 is 0 Å². The molecule has 0 aliphatic rings. The zero-order valence-electron chi connectivity index (χ0n) is 17.7. The molecule has 32 heavy (non-hydrogen) atoms. The lowest BCUT2D eigenvalue weighted by Crippen LogP contribution is -2.24. The third-order valence-electron chi connectivity index (χ3n) is 5.30. The Bertz CT molecular complexity index is 1210. The molecule has 4 aromatic rings. The van der Waals surface area contributed by atoms with Gasteiger partial charge in [-0.15, -0.1) is 0 Å². The van der Waals surface area contributed by atoms with Gasteiger partial charge in [0.15, 0.2) is 0 Å². The average molecular weight is 420 g/mol. The van der Waals surface area contributed by atoms with Crippen molar-refractivity contribution in [1.29, 1.82) is 0 Å². The second kappa shape index (κ2) is 10.3. The van der Waals surface area contributed by atoms with Crippen LogP contribution in [0.5, 0.6) is 5.75 Å². The van der Waals surface area contributed by atoms with Gasteiger partial charge in [-0.2, -0.15) is 0 Å². The summed E-state index contributed by atoms with van der Waals surface area (Å²) in [6.07, 6.45) is 4.48. The quantitative estimate of drug-likeness (QED) is 0.356. The van der Waals surface area contributed by atoms with Crippen LogP contribution < -0.4 is 5.32 Å². The van der Waals surface area contributed by atoms with E-state index in [2.05, 4.69) is 35.7 Å². The lowest BCUT2D eigenvalue weighted by atomic mass is 9.94. The predicted molar refractivity (Wildman–Crippen MR) is 131 cm³/mol. The molecule has 0 saturated heterocycles. The Labute approximate surface area is 188 Å². The van der Waals surface area contributed by atoms with Crippen LogP contribution in [-0.2, 0) is 17.8 Å². The highest BCUT2D eigenvalue weighted by atomic mass is 16.3. The number of hydrogen-bond acceptors (Lipinski definition) is 2. The molecule has 3 nitrogen and oxygen atoms in total. The third-order valence-corrected chi connectivity index (χ3v) is 5.30. The normalized spacial score (nSPS) is 10.9. The fraction of sp³-hybridized carbons (Fsp3) is 0.0690. The van der Waals surface area contributed by atoms with E-state index in [0.29, 0.717) is 13.0 Å². The Morgan fingerprint density at radius 3 is 2.16 bits per heavy atom. The monoisotopic (exact) mass is 419 g/mol. The number of amides is 1. The number of phenolic OH excluding ortho intramolecular Hbond substituents is 1.